The van der Waals surface area contributed by atoms with Crippen molar-refractivity contribution in [1.82, 2.24) is 5.32 Å². The number of carbonyl (C=O) groups is 3. The molecule has 3 aliphatic heterocycles. The summed E-state index contributed by atoms with van der Waals surface area (Å²) in [5, 5.41) is 3.42. The number of amides is 3. The number of imide groups is 1. The first-order valence-corrected chi connectivity index (χ1v) is 11.9. The Morgan fingerprint density at radius 2 is 1.51 bits per heavy atom. The zero-order chi connectivity index (χ0) is 24.2. The lowest BCUT2D eigenvalue weighted by Crippen LogP contribution is -2.55. The molecule has 4 unspecified atom stereocenters. The number of fused-ring (bicyclic) bond motifs is 4. The van der Waals surface area contributed by atoms with Crippen LogP contribution in [0.4, 0.5) is 11.4 Å². The van der Waals surface area contributed by atoms with E-state index in [0.717, 1.165) is 16.8 Å². The summed E-state index contributed by atoms with van der Waals surface area (Å²) in [4.78, 5) is 44.5. The van der Waals surface area contributed by atoms with Gasteiger partial charge in [0.25, 0.3) is 5.91 Å². The number of carbonyl (C=O) groups excluding carboxylic acids is 3. The first-order chi connectivity index (χ1) is 17.0. The third kappa shape index (κ3) is 3.03. The fourth-order valence-electron chi connectivity index (χ4n) is 5.98. The van der Waals surface area contributed by atoms with Crippen LogP contribution in [0.2, 0.25) is 0 Å². The number of rotatable bonds is 4. The molecule has 6 rings (SSSR count). The molecule has 6 nitrogen and oxygen atoms in total. The third-order valence-electron chi connectivity index (χ3n) is 7.43. The molecular weight excluding hydrogens is 438 g/mol. The second-order valence-corrected chi connectivity index (χ2v) is 9.34. The molecule has 3 amide bonds. The van der Waals surface area contributed by atoms with Gasteiger partial charge in [-0.3, -0.25) is 19.7 Å². The van der Waals surface area contributed by atoms with Gasteiger partial charge < -0.3 is 4.90 Å². The van der Waals surface area contributed by atoms with Crippen LogP contribution in [0.1, 0.15) is 18.1 Å². The van der Waals surface area contributed by atoms with Gasteiger partial charge in [0, 0.05) is 23.8 Å². The Balaban J connectivity index is 1.40. The molecule has 3 aromatic rings. The fraction of sp³-hybridized carbons (Fsp3) is 0.207. The number of hydrogen-bond acceptors (Lipinski definition) is 4. The highest BCUT2D eigenvalue weighted by Crippen LogP contribution is 2.54. The van der Waals surface area contributed by atoms with E-state index in [0.29, 0.717) is 12.2 Å². The van der Waals surface area contributed by atoms with E-state index in [-0.39, 0.29) is 23.8 Å². The average Bonchev–Trinajstić information content (AvgIpc) is 3.43. The topological polar surface area (TPSA) is 69.7 Å². The normalized spacial score (nSPS) is 27.3. The first kappa shape index (κ1) is 21.5. The average molecular weight is 464 g/mol. The summed E-state index contributed by atoms with van der Waals surface area (Å²) in [5.74, 6) is -2.18. The molecule has 35 heavy (non-hydrogen) atoms. The van der Waals surface area contributed by atoms with Crippen molar-refractivity contribution in [3.05, 3.63) is 102 Å². The molecule has 3 aromatic carbocycles. The minimum atomic E-state index is -1.27. The van der Waals surface area contributed by atoms with Gasteiger partial charge in [-0.25, -0.2) is 4.90 Å². The molecule has 2 saturated heterocycles. The van der Waals surface area contributed by atoms with E-state index in [4.69, 9.17) is 0 Å². The molecule has 0 aromatic heterocycles. The van der Waals surface area contributed by atoms with Gasteiger partial charge in [0.15, 0.2) is 0 Å². The summed E-state index contributed by atoms with van der Waals surface area (Å²) in [6.07, 6.45) is 3.94. The number of hydrogen-bond donors (Lipinski definition) is 1. The van der Waals surface area contributed by atoms with Gasteiger partial charge in [-0.1, -0.05) is 78.9 Å². The quantitative estimate of drug-likeness (QED) is 0.599. The van der Waals surface area contributed by atoms with Crippen LogP contribution in [-0.2, 0) is 19.9 Å². The van der Waals surface area contributed by atoms with E-state index in [2.05, 4.69) is 5.32 Å². The van der Waals surface area contributed by atoms with Crippen molar-refractivity contribution in [2.75, 3.05) is 16.3 Å². The number of benzene rings is 3. The summed E-state index contributed by atoms with van der Waals surface area (Å²) in [6, 6.07) is 26.1. The van der Waals surface area contributed by atoms with Crippen molar-refractivity contribution in [3.63, 3.8) is 0 Å². The Morgan fingerprint density at radius 1 is 0.857 bits per heavy atom. The van der Waals surface area contributed by atoms with Gasteiger partial charge in [0.1, 0.15) is 5.54 Å². The molecule has 0 aliphatic carbocycles. The molecular formula is C29H25N3O3. The number of anilines is 2. The second-order valence-electron chi connectivity index (χ2n) is 9.34. The number of nitrogens with one attached hydrogen (secondary N) is 1. The van der Waals surface area contributed by atoms with Crippen LogP contribution >= 0.6 is 0 Å². The highest BCUT2D eigenvalue weighted by molar-refractivity contribution is 6.26. The van der Waals surface area contributed by atoms with Crippen LogP contribution in [0, 0.1) is 11.8 Å². The van der Waals surface area contributed by atoms with Crippen LogP contribution in [-0.4, -0.2) is 30.3 Å². The summed E-state index contributed by atoms with van der Waals surface area (Å²) in [6.45, 7) is 2.25. The third-order valence-corrected chi connectivity index (χ3v) is 7.43. The molecule has 174 valence electrons. The van der Waals surface area contributed by atoms with Crippen molar-refractivity contribution in [3.8, 4) is 0 Å². The molecule has 0 radical (unpaired) electrons. The zero-order valence-electron chi connectivity index (χ0n) is 19.3. The highest BCUT2D eigenvalue weighted by atomic mass is 16.2. The second kappa shape index (κ2) is 8.03. The monoisotopic (exact) mass is 463 g/mol. The van der Waals surface area contributed by atoms with Gasteiger partial charge in [-0.2, -0.15) is 0 Å². The Hall–Kier alpha value is -4.03. The van der Waals surface area contributed by atoms with E-state index >= 15 is 0 Å². The van der Waals surface area contributed by atoms with Gasteiger partial charge in [0.2, 0.25) is 11.8 Å². The maximum Gasteiger partial charge on any atom is 0.253 e. The summed E-state index contributed by atoms with van der Waals surface area (Å²) >= 11 is 0. The van der Waals surface area contributed by atoms with E-state index in [1.54, 1.807) is 29.2 Å². The predicted octanol–water partition coefficient (Wildman–Crippen LogP) is 3.74. The van der Waals surface area contributed by atoms with Crippen LogP contribution in [0.5, 0.6) is 0 Å². The minimum Gasteiger partial charge on any atom is -0.306 e. The van der Waals surface area contributed by atoms with Gasteiger partial charge in [0.05, 0.1) is 17.5 Å². The molecule has 0 saturated carbocycles. The molecule has 2 fully saturated rings. The van der Waals surface area contributed by atoms with E-state index in [1.165, 1.54) is 4.90 Å². The fourth-order valence-corrected chi connectivity index (χ4v) is 5.98. The van der Waals surface area contributed by atoms with Crippen LogP contribution < -0.4 is 15.1 Å². The molecule has 0 bridgehead atoms. The van der Waals surface area contributed by atoms with Gasteiger partial charge in [-0.15, -0.1) is 0 Å². The molecule has 6 heteroatoms. The molecule has 4 atom stereocenters. The lowest BCUT2D eigenvalue weighted by molar-refractivity contribution is -0.132. The molecule has 3 aliphatic rings. The highest BCUT2D eigenvalue weighted by Gasteiger charge is 2.70. The van der Waals surface area contributed by atoms with Crippen LogP contribution in [0.25, 0.3) is 6.08 Å². The maximum absolute atomic E-state index is 14.2. The number of para-hydroxylation sites is 2. The Kier molecular flexibility index (Phi) is 4.93. The van der Waals surface area contributed by atoms with E-state index in [9.17, 15) is 14.4 Å². The van der Waals surface area contributed by atoms with Crippen molar-refractivity contribution < 1.29 is 14.4 Å². The number of nitrogens with zero attached hydrogens (tertiary/aromatic N) is 2. The molecule has 3 heterocycles. The Bertz CT molecular complexity index is 1350. The lowest BCUT2D eigenvalue weighted by Gasteiger charge is -2.30. The lowest BCUT2D eigenvalue weighted by atomic mass is 9.76. The van der Waals surface area contributed by atoms with Crippen LogP contribution in [0.15, 0.2) is 91.0 Å². The standard InChI is InChI=1S/C29H25N3O3/c1-19-24-25(27(34)32(26(24)33)21-14-6-3-7-15-21)29(30-19)22-16-8-9-17-23(22)31(28(29)35)18-10-13-20-11-4-2-5-12-20/h2-17,19,24-25,30H,18H2,1H3. The smallest absolute Gasteiger partial charge is 0.253 e. The Morgan fingerprint density at radius 3 is 2.26 bits per heavy atom. The largest absolute Gasteiger partial charge is 0.306 e. The van der Waals surface area contributed by atoms with Crippen molar-refractivity contribution in [1.29, 1.82) is 0 Å². The first-order valence-electron chi connectivity index (χ1n) is 11.9. The summed E-state index contributed by atoms with van der Waals surface area (Å²) < 4.78 is 0. The van der Waals surface area contributed by atoms with Crippen molar-refractivity contribution in [2.24, 2.45) is 11.8 Å². The van der Waals surface area contributed by atoms with Crippen molar-refractivity contribution >= 4 is 35.2 Å². The Labute approximate surface area is 203 Å². The zero-order valence-corrected chi connectivity index (χ0v) is 19.3. The van der Waals surface area contributed by atoms with E-state index < -0.39 is 17.4 Å². The van der Waals surface area contributed by atoms with Crippen molar-refractivity contribution in [2.45, 2.75) is 18.5 Å². The summed E-state index contributed by atoms with van der Waals surface area (Å²) in [7, 11) is 0. The van der Waals surface area contributed by atoms with Gasteiger partial charge in [-0.05, 0) is 30.7 Å². The predicted molar refractivity (Wildman–Crippen MR) is 134 cm³/mol. The minimum absolute atomic E-state index is 0.188. The SMILES string of the molecule is CC1NC2(C(=O)N(CC=Cc3ccccc3)c3ccccc32)C2C(=O)N(c3ccccc3)C(=O)C12. The van der Waals surface area contributed by atoms with Crippen LogP contribution in [0.3, 0.4) is 0 Å². The molecule has 1 spiro atoms. The van der Waals surface area contributed by atoms with Gasteiger partial charge >= 0.3 is 0 Å². The molecule has 1 N–H and O–H groups in total. The summed E-state index contributed by atoms with van der Waals surface area (Å²) in [5.41, 5.74) is 1.85. The maximum atomic E-state index is 14.2. The van der Waals surface area contributed by atoms with E-state index in [1.807, 2.05) is 79.7 Å².